The zero-order chi connectivity index (χ0) is 27.9. The molecule has 0 bridgehead atoms. The molecule has 4 rings (SSSR count). The zero-order valence-electron chi connectivity index (χ0n) is 22.1. The summed E-state index contributed by atoms with van der Waals surface area (Å²) >= 11 is 0. The van der Waals surface area contributed by atoms with Gasteiger partial charge in [-0.25, -0.2) is 22.9 Å². The van der Waals surface area contributed by atoms with Gasteiger partial charge in [-0.1, -0.05) is 0 Å². The van der Waals surface area contributed by atoms with E-state index in [2.05, 4.69) is 15.3 Å². The van der Waals surface area contributed by atoms with E-state index in [0.29, 0.717) is 28.8 Å². The van der Waals surface area contributed by atoms with Crippen LogP contribution in [-0.2, 0) is 17.6 Å². The second-order valence-electron chi connectivity index (χ2n) is 10.6. The third-order valence-corrected chi connectivity index (χ3v) is 6.42. The van der Waals surface area contributed by atoms with E-state index in [9.17, 15) is 22.8 Å². The molecule has 2 amide bonds. The van der Waals surface area contributed by atoms with Crippen molar-refractivity contribution in [2.75, 3.05) is 14.1 Å². The molecule has 2 heterocycles. The lowest BCUT2D eigenvalue weighted by atomic mass is 9.80. The number of fused-ring (bicyclic) bond motifs is 3. The van der Waals surface area contributed by atoms with Crippen molar-refractivity contribution < 1.29 is 27.5 Å². The first-order chi connectivity index (χ1) is 17.7. The number of nitrogens with one attached hydrogen (secondary N) is 1. The van der Waals surface area contributed by atoms with Crippen molar-refractivity contribution in [3.63, 3.8) is 0 Å². The van der Waals surface area contributed by atoms with Gasteiger partial charge in [-0.15, -0.1) is 0 Å². The van der Waals surface area contributed by atoms with Crippen LogP contribution in [0.1, 0.15) is 60.9 Å². The van der Waals surface area contributed by atoms with Crippen LogP contribution >= 0.6 is 0 Å². The third kappa shape index (κ3) is 5.66. The fraction of sp³-hybridized carbons (Fsp3) is 0.407. The number of alkyl carbamates (subject to hydrolysis) is 1. The molecule has 3 aromatic rings. The summed E-state index contributed by atoms with van der Waals surface area (Å²) in [6.07, 6.45) is 1.33. The number of benzene rings is 1. The SMILES string of the molecule is CC(=NC(=O)c1ccn2c3c(nc2c1)CC(c1cc(F)c(F)cc1F)C(NC(=O)OC(C)(C)C)C3)N(C)C. The number of aromatic nitrogens is 2. The van der Waals surface area contributed by atoms with Gasteiger partial charge in [0, 0.05) is 62.4 Å². The van der Waals surface area contributed by atoms with Crippen LogP contribution in [0, 0.1) is 17.5 Å². The average Bonchev–Trinajstić information content (AvgIpc) is 3.16. The molecule has 1 aliphatic rings. The minimum atomic E-state index is -1.29. The zero-order valence-corrected chi connectivity index (χ0v) is 22.1. The lowest BCUT2D eigenvalue weighted by Gasteiger charge is -2.33. The topological polar surface area (TPSA) is 88.3 Å². The molecule has 202 valence electrons. The molecule has 0 saturated carbocycles. The summed E-state index contributed by atoms with van der Waals surface area (Å²) in [5.74, 6) is -4.02. The first-order valence-electron chi connectivity index (χ1n) is 12.1. The summed E-state index contributed by atoms with van der Waals surface area (Å²) < 4.78 is 49.8. The number of carbonyl (C=O) groups is 2. The molecule has 1 aromatic carbocycles. The standard InChI is InChI=1S/C27H30F3N5O3/c1-14(34(5)6)31-25(36)15-7-8-35-23-13-21(33-26(37)38-27(2,3)4)17(11-22(23)32-24(35)9-15)16-10-19(29)20(30)12-18(16)28/h7-10,12,17,21H,11,13H2,1-6H3,(H,33,37). The summed E-state index contributed by atoms with van der Waals surface area (Å²) in [5, 5.41) is 2.78. The van der Waals surface area contributed by atoms with E-state index in [1.807, 2.05) is 0 Å². The molecule has 8 nitrogen and oxygen atoms in total. The van der Waals surface area contributed by atoms with Crippen LogP contribution in [0.15, 0.2) is 35.5 Å². The number of hydrogen-bond acceptors (Lipinski definition) is 4. The van der Waals surface area contributed by atoms with E-state index in [4.69, 9.17) is 4.74 Å². The van der Waals surface area contributed by atoms with Crippen molar-refractivity contribution in [3.05, 3.63) is 70.4 Å². The highest BCUT2D eigenvalue weighted by Crippen LogP contribution is 2.35. The second-order valence-corrected chi connectivity index (χ2v) is 10.6. The van der Waals surface area contributed by atoms with Gasteiger partial charge >= 0.3 is 6.09 Å². The van der Waals surface area contributed by atoms with Crippen molar-refractivity contribution in [1.29, 1.82) is 0 Å². The largest absolute Gasteiger partial charge is 0.444 e. The molecule has 38 heavy (non-hydrogen) atoms. The molecule has 2 unspecified atom stereocenters. The summed E-state index contributed by atoms with van der Waals surface area (Å²) in [7, 11) is 3.57. The lowest BCUT2D eigenvalue weighted by Crippen LogP contribution is -2.46. The van der Waals surface area contributed by atoms with Crippen LogP contribution in [0.4, 0.5) is 18.0 Å². The van der Waals surface area contributed by atoms with Gasteiger partial charge in [-0.05, 0) is 51.5 Å². The Balaban J connectivity index is 1.74. The fourth-order valence-electron chi connectivity index (χ4n) is 4.43. The monoisotopic (exact) mass is 529 g/mol. The lowest BCUT2D eigenvalue weighted by molar-refractivity contribution is 0.0492. The van der Waals surface area contributed by atoms with Crippen LogP contribution < -0.4 is 5.32 Å². The van der Waals surface area contributed by atoms with Gasteiger partial charge in [0.25, 0.3) is 5.91 Å². The van der Waals surface area contributed by atoms with E-state index < -0.39 is 47.0 Å². The normalized spacial score (nSPS) is 17.8. The predicted molar refractivity (Wildman–Crippen MR) is 136 cm³/mol. The van der Waals surface area contributed by atoms with E-state index in [1.54, 1.807) is 69.4 Å². The Morgan fingerprint density at radius 1 is 1.11 bits per heavy atom. The van der Waals surface area contributed by atoms with Crippen molar-refractivity contribution in [2.24, 2.45) is 4.99 Å². The van der Waals surface area contributed by atoms with Gasteiger partial charge in [0.2, 0.25) is 0 Å². The van der Waals surface area contributed by atoms with Gasteiger partial charge in [0.15, 0.2) is 11.6 Å². The number of halogens is 3. The second kappa shape index (κ2) is 10.1. The Kier molecular flexibility index (Phi) is 7.22. The molecule has 0 spiro atoms. The number of nitrogens with zero attached hydrogens (tertiary/aromatic N) is 4. The van der Waals surface area contributed by atoms with Gasteiger partial charge < -0.3 is 19.4 Å². The Morgan fingerprint density at radius 2 is 1.79 bits per heavy atom. The number of amidine groups is 1. The van der Waals surface area contributed by atoms with E-state index in [-0.39, 0.29) is 18.4 Å². The van der Waals surface area contributed by atoms with Crippen LogP contribution in [0.2, 0.25) is 0 Å². The van der Waals surface area contributed by atoms with Gasteiger partial charge in [-0.2, -0.15) is 4.99 Å². The van der Waals surface area contributed by atoms with Crippen LogP contribution in [-0.4, -0.2) is 57.9 Å². The minimum absolute atomic E-state index is 0.0722. The molecule has 2 aromatic heterocycles. The summed E-state index contributed by atoms with van der Waals surface area (Å²) in [6.45, 7) is 6.86. The predicted octanol–water partition coefficient (Wildman–Crippen LogP) is 4.65. The number of pyridine rings is 1. The number of aliphatic imine (C=N–C) groups is 1. The van der Waals surface area contributed by atoms with E-state index >= 15 is 0 Å². The Labute approximate surface area is 218 Å². The molecule has 0 radical (unpaired) electrons. The first kappa shape index (κ1) is 27.2. The van der Waals surface area contributed by atoms with E-state index in [0.717, 1.165) is 11.8 Å². The maximum absolute atomic E-state index is 14.9. The molecule has 0 fully saturated rings. The van der Waals surface area contributed by atoms with Crippen LogP contribution in [0.3, 0.4) is 0 Å². The Hall–Kier alpha value is -3.89. The highest BCUT2D eigenvalue weighted by atomic mass is 19.2. The maximum Gasteiger partial charge on any atom is 0.407 e. The molecule has 1 aliphatic carbocycles. The molecular weight excluding hydrogens is 499 g/mol. The molecular formula is C27H30F3N5O3. The number of ether oxygens (including phenoxy) is 1. The average molecular weight is 530 g/mol. The van der Waals surface area contributed by atoms with Crippen molar-refractivity contribution in [3.8, 4) is 0 Å². The van der Waals surface area contributed by atoms with E-state index in [1.165, 1.54) is 0 Å². The number of carbonyl (C=O) groups excluding carboxylic acids is 2. The number of rotatable bonds is 3. The van der Waals surface area contributed by atoms with Crippen molar-refractivity contribution in [1.82, 2.24) is 19.6 Å². The number of imidazole rings is 1. The van der Waals surface area contributed by atoms with Crippen LogP contribution in [0.25, 0.3) is 5.65 Å². The quantitative estimate of drug-likeness (QED) is 0.303. The smallest absolute Gasteiger partial charge is 0.407 e. The Morgan fingerprint density at radius 3 is 2.45 bits per heavy atom. The summed E-state index contributed by atoms with van der Waals surface area (Å²) in [5.41, 5.74) is 1.31. The fourth-order valence-corrected chi connectivity index (χ4v) is 4.43. The molecule has 11 heteroatoms. The van der Waals surface area contributed by atoms with Gasteiger partial charge in [0.1, 0.15) is 22.9 Å². The van der Waals surface area contributed by atoms with Crippen LogP contribution in [0.5, 0.6) is 0 Å². The Bertz CT molecular complexity index is 1440. The number of amides is 2. The molecule has 0 saturated heterocycles. The minimum Gasteiger partial charge on any atom is -0.444 e. The first-order valence-corrected chi connectivity index (χ1v) is 12.1. The third-order valence-electron chi connectivity index (χ3n) is 6.42. The summed E-state index contributed by atoms with van der Waals surface area (Å²) in [4.78, 5) is 35.7. The summed E-state index contributed by atoms with van der Waals surface area (Å²) in [6, 6.07) is 3.85. The highest BCUT2D eigenvalue weighted by Gasteiger charge is 2.36. The molecule has 1 N–H and O–H groups in total. The molecule has 2 atom stereocenters. The van der Waals surface area contributed by atoms with Crippen molar-refractivity contribution >= 4 is 23.5 Å². The van der Waals surface area contributed by atoms with Gasteiger partial charge in [0.05, 0.1) is 5.69 Å². The van der Waals surface area contributed by atoms with Crippen molar-refractivity contribution in [2.45, 2.75) is 58.1 Å². The van der Waals surface area contributed by atoms with Gasteiger partial charge in [-0.3, -0.25) is 4.79 Å². The molecule has 0 aliphatic heterocycles. The maximum atomic E-state index is 14.9. The number of hydrogen-bond donors (Lipinski definition) is 1. The highest BCUT2D eigenvalue weighted by molar-refractivity contribution is 6.03.